The standard InChI is InChI=1S/C23H18Cl2F4N4O2/c1-10-7-14(22(34)33-11(2)19-21(25)31-6-5-30-19)13-8-15(24)18(26)17(20(13)35-10)12-3-4-16(32-9-12)23(27,28)29/h3-6,8-11,14H,7H2,1-2H3,(H,33,34)/t10?,11?,14-/m0/s1. The van der Waals surface area contributed by atoms with E-state index in [1.54, 1.807) is 13.8 Å². The SMILES string of the molecule is CC1C[C@H](C(=O)NC(C)c2nccnc2Cl)c2cc(Cl)c(F)c(-c3ccc(C(F)(F)F)nc3)c2O1. The van der Waals surface area contributed by atoms with Crippen LogP contribution in [0.4, 0.5) is 17.6 Å². The number of fused-ring (bicyclic) bond motifs is 1. The van der Waals surface area contributed by atoms with Crippen molar-refractivity contribution in [1.82, 2.24) is 20.3 Å². The van der Waals surface area contributed by atoms with Crippen LogP contribution in [0.1, 0.15) is 49.2 Å². The molecule has 184 valence electrons. The number of carbonyl (C=O) groups is 1. The van der Waals surface area contributed by atoms with Crippen molar-refractivity contribution in [1.29, 1.82) is 0 Å². The van der Waals surface area contributed by atoms with Crippen molar-refractivity contribution in [2.45, 2.75) is 44.5 Å². The van der Waals surface area contributed by atoms with Gasteiger partial charge in [-0.05, 0) is 32.4 Å². The normalized spacial score (nSPS) is 18.4. The Morgan fingerprint density at radius 3 is 2.54 bits per heavy atom. The zero-order valence-corrected chi connectivity index (χ0v) is 19.8. The quantitative estimate of drug-likeness (QED) is 0.412. The summed E-state index contributed by atoms with van der Waals surface area (Å²) in [7, 11) is 0. The van der Waals surface area contributed by atoms with Crippen molar-refractivity contribution in [2.24, 2.45) is 0 Å². The van der Waals surface area contributed by atoms with Gasteiger partial charge in [-0.15, -0.1) is 0 Å². The first-order valence-corrected chi connectivity index (χ1v) is 11.2. The lowest BCUT2D eigenvalue weighted by molar-refractivity contribution is -0.141. The van der Waals surface area contributed by atoms with Gasteiger partial charge in [-0.1, -0.05) is 29.3 Å². The summed E-state index contributed by atoms with van der Waals surface area (Å²) in [4.78, 5) is 24.8. The molecule has 3 aromatic rings. The highest BCUT2D eigenvalue weighted by atomic mass is 35.5. The fourth-order valence-corrected chi connectivity index (χ4v) is 4.42. The number of carbonyl (C=O) groups excluding carboxylic acids is 1. The second kappa shape index (κ2) is 9.58. The van der Waals surface area contributed by atoms with E-state index >= 15 is 4.39 Å². The molecule has 1 aliphatic heterocycles. The predicted octanol–water partition coefficient (Wildman–Crippen LogP) is 6.14. The van der Waals surface area contributed by atoms with E-state index in [-0.39, 0.29) is 33.5 Å². The maximum atomic E-state index is 15.1. The van der Waals surface area contributed by atoms with Gasteiger partial charge in [0.1, 0.15) is 11.4 Å². The van der Waals surface area contributed by atoms with Crippen LogP contribution in [-0.4, -0.2) is 27.0 Å². The van der Waals surface area contributed by atoms with Crippen LogP contribution >= 0.6 is 23.2 Å². The fraction of sp³-hybridized carbons (Fsp3) is 0.304. The van der Waals surface area contributed by atoms with Gasteiger partial charge in [0.2, 0.25) is 5.91 Å². The van der Waals surface area contributed by atoms with E-state index in [1.807, 2.05) is 0 Å². The second-order valence-corrected chi connectivity index (χ2v) is 8.84. The minimum absolute atomic E-state index is 0.0255. The molecule has 0 saturated carbocycles. The van der Waals surface area contributed by atoms with Crippen molar-refractivity contribution in [3.63, 3.8) is 0 Å². The van der Waals surface area contributed by atoms with Crippen molar-refractivity contribution in [3.05, 3.63) is 69.7 Å². The first kappa shape index (κ1) is 25.1. The first-order valence-electron chi connectivity index (χ1n) is 10.5. The summed E-state index contributed by atoms with van der Waals surface area (Å²) in [5, 5.41) is 2.67. The smallest absolute Gasteiger partial charge is 0.433 e. The van der Waals surface area contributed by atoms with Gasteiger partial charge < -0.3 is 10.1 Å². The highest BCUT2D eigenvalue weighted by Gasteiger charge is 2.37. The number of aromatic nitrogens is 3. The van der Waals surface area contributed by atoms with Gasteiger partial charge in [0.15, 0.2) is 11.0 Å². The zero-order valence-electron chi connectivity index (χ0n) is 18.3. The van der Waals surface area contributed by atoms with Gasteiger partial charge in [-0.2, -0.15) is 13.2 Å². The van der Waals surface area contributed by atoms with Gasteiger partial charge in [0, 0.05) is 29.7 Å². The number of halogens is 6. The third-order valence-electron chi connectivity index (χ3n) is 5.57. The topological polar surface area (TPSA) is 77.0 Å². The number of hydrogen-bond acceptors (Lipinski definition) is 5. The first-order chi connectivity index (χ1) is 16.5. The summed E-state index contributed by atoms with van der Waals surface area (Å²) >= 11 is 12.2. The van der Waals surface area contributed by atoms with Crippen LogP contribution in [0.2, 0.25) is 10.2 Å². The van der Waals surface area contributed by atoms with Crippen LogP contribution in [0, 0.1) is 5.82 Å². The molecule has 2 aromatic heterocycles. The lowest BCUT2D eigenvalue weighted by Crippen LogP contribution is -2.37. The molecule has 0 radical (unpaired) electrons. The third-order valence-corrected chi connectivity index (χ3v) is 6.14. The Kier molecular flexibility index (Phi) is 6.88. The number of nitrogens with one attached hydrogen (secondary N) is 1. The molecule has 6 nitrogen and oxygen atoms in total. The molecular formula is C23H18Cl2F4N4O2. The van der Waals surface area contributed by atoms with E-state index in [9.17, 15) is 18.0 Å². The van der Waals surface area contributed by atoms with E-state index in [4.69, 9.17) is 27.9 Å². The Labute approximate surface area is 207 Å². The van der Waals surface area contributed by atoms with E-state index in [0.29, 0.717) is 11.3 Å². The molecule has 1 aliphatic rings. The number of hydrogen-bond donors (Lipinski definition) is 1. The highest BCUT2D eigenvalue weighted by Crippen LogP contribution is 2.47. The molecule has 3 atom stereocenters. The van der Waals surface area contributed by atoms with E-state index in [0.717, 1.165) is 18.3 Å². The summed E-state index contributed by atoms with van der Waals surface area (Å²) in [6, 6.07) is 2.54. The monoisotopic (exact) mass is 528 g/mol. The van der Waals surface area contributed by atoms with Crippen molar-refractivity contribution in [3.8, 4) is 16.9 Å². The molecule has 1 N–H and O–H groups in total. The highest BCUT2D eigenvalue weighted by molar-refractivity contribution is 6.31. The average Bonchev–Trinajstić information content (AvgIpc) is 2.79. The Morgan fingerprint density at radius 1 is 1.20 bits per heavy atom. The number of ether oxygens (including phenoxy) is 1. The molecule has 3 heterocycles. The number of rotatable bonds is 4. The fourth-order valence-electron chi connectivity index (χ4n) is 3.94. The summed E-state index contributed by atoms with van der Waals surface area (Å²) in [6.07, 6.45) is -1.13. The lowest BCUT2D eigenvalue weighted by Gasteiger charge is -2.32. The third kappa shape index (κ3) is 5.04. The molecular weight excluding hydrogens is 511 g/mol. The maximum absolute atomic E-state index is 15.1. The number of nitrogens with zero attached hydrogens (tertiary/aromatic N) is 3. The summed E-state index contributed by atoms with van der Waals surface area (Å²) in [6.45, 7) is 3.39. The van der Waals surface area contributed by atoms with Crippen LogP contribution in [0.3, 0.4) is 0 Å². The van der Waals surface area contributed by atoms with Gasteiger partial charge in [0.05, 0.1) is 34.3 Å². The summed E-state index contributed by atoms with van der Waals surface area (Å²) in [5.74, 6) is -2.06. The minimum atomic E-state index is -4.65. The lowest BCUT2D eigenvalue weighted by atomic mass is 9.86. The molecule has 0 bridgehead atoms. The van der Waals surface area contributed by atoms with E-state index < -0.39 is 41.7 Å². The molecule has 1 amide bonds. The van der Waals surface area contributed by atoms with Gasteiger partial charge in [0.25, 0.3) is 0 Å². The molecule has 0 saturated heterocycles. The molecule has 12 heteroatoms. The van der Waals surface area contributed by atoms with Crippen molar-refractivity contribution >= 4 is 29.1 Å². The molecule has 0 aliphatic carbocycles. The molecule has 2 unspecified atom stereocenters. The molecule has 1 aromatic carbocycles. The number of amides is 1. The summed E-state index contributed by atoms with van der Waals surface area (Å²) in [5.41, 5.74) is -0.582. The average molecular weight is 529 g/mol. The van der Waals surface area contributed by atoms with Gasteiger partial charge >= 0.3 is 6.18 Å². The Morgan fingerprint density at radius 2 is 1.91 bits per heavy atom. The van der Waals surface area contributed by atoms with Crippen molar-refractivity contribution < 1.29 is 27.1 Å². The van der Waals surface area contributed by atoms with Crippen LogP contribution in [0.5, 0.6) is 5.75 Å². The molecule has 0 spiro atoms. The van der Waals surface area contributed by atoms with Crippen LogP contribution in [0.25, 0.3) is 11.1 Å². The molecule has 0 fully saturated rings. The maximum Gasteiger partial charge on any atom is 0.433 e. The molecule has 4 rings (SSSR count). The Balaban J connectivity index is 1.73. The second-order valence-electron chi connectivity index (χ2n) is 8.08. The predicted molar refractivity (Wildman–Crippen MR) is 121 cm³/mol. The zero-order chi connectivity index (χ0) is 25.5. The number of benzene rings is 1. The number of alkyl halides is 3. The van der Waals surface area contributed by atoms with Crippen LogP contribution < -0.4 is 10.1 Å². The Hall–Kier alpha value is -2.98. The Bertz CT molecular complexity index is 1270. The van der Waals surface area contributed by atoms with Crippen LogP contribution in [0.15, 0.2) is 36.8 Å². The molecule has 35 heavy (non-hydrogen) atoms. The van der Waals surface area contributed by atoms with Crippen LogP contribution in [-0.2, 0) is 11.0 Å². The van der Waals surface area contributed by atoms with E-state index in [1.165, 1.54) is 18.5 Å². The van der Waals surface area contributed by atoms with Crippen molar-refractivity contribution in [2.75, 3.05) is 0 Å². The largest absolute Gasteiger partial charge is 0.490 e. The summed E-state index contributed by atoms with van der Waals surface area (Å²) < 4.78 is 59.8. The van der Waals surface area contributed by atoms with Gasteiger partial charge in [-0.25, -0.2) is 9.37 Å². The van der Waals surface area contributed by atoms with E-state index in [2.05, 4.69) is 20.3 Å². The van der Waals surface area contributed by atoms with Gasteiger partial charge in [-0.3, -0.25) is 14.8 Å². The minimum Gasteiger partial charge on any atom is -0.490 e. The number of pyridine rings is 1.